The molecule has 0 aliphatic rings. The van der Waals surface area contributed by atoms with Crippen LogP contribution in [0, 0.1) is 6.92 Å². The molecule has 0 spiro atoms. The summed E-state index contributed by atoms with van der Waals surface area (Å²) in [7, 11) is 1.63. The summed E-state index contributed by atoms with van der Waals surface area (Å²) >= 11 is 0. The number of carbonyl (C=O) groups is 1. The van der Waals surface area contributed by atoms with Crippen molar-refractivity contribution in [3.05, 3.63) is 47.8 Å². The Bertz CT molecular complexity index is 590. The molecule has 2 aromatic rings. The predicted octanol–water partition coefficient (Wildman–Crippen LogP) is 2.47. The summed E-state index contributed by atoms with van der Waals surface area (Å²) in [6.07, 6.45) is 2.31. The lowest BCUT2D eigenvalue weighted by Crippen LogP contribution is -2.25. The van der Waals surface area contributed by atoms with E-state index in [0.717, 1.165) is 17.0 Å². The number of carbonyl (C=O) groups excluding carboxylic acids is 1. The average molecular weight is 287 g/mol. The molecule has 0 aliphatic carbocycles. The Labute approximate surface area is 124 Å². The number of nitrogens with zero attached hydrogens (tertiary/aromatic N) is 2. The van der Waals surface area contributed by atoms with Crippen molar-refractivity contribution >= 4 is 5.91 Å². The Morgan fingerprint density at radius 2 is 2.05 bits per heavy atom. The fourth-order valence-electron chi connectivity index (χ4n) is 2.06. The molecule has 21 heavy (non-hydrogen) atoms. The first-order valence-electron chi connectivity index (χ1n) is 7.00. The first-order chi connectivity index (χ1) is 10.1. The van der Waals surface area contributed by atoms with Gasteiger partial charge in [0.05, 0.1) is 18.8 Å². The van der Waals surface area contributed by atoms with Gasteiger partial charge < -0.3 is 10.1 Å². The second-order valence-electron chi connectivity index (χ2n) is 5.12. The van der Waals surface area contributed by atoms with E-state index < -0.39 is 0 Å². The topological polar surface area (TPSA) is 56.1 Å². The molecule has 0 bridgehead atoms. The first-order valence-corrected chi connectivity index (χ1v) is 7.00. The first kappa shape index (κ1) is 15.1. The summed E-state index contributed by atoms with van der Waals surface area (Å²) in [5.41, 5.74) is 2.01. The lowest BCUT2D eigenvalue weighted by molar-refractivity contribution is -0.122. The number of amides is 1. The number of methoxy groups -OCH3 is 1. The molecule has 1 atom stereocenters. The van der Waals surface area contributed by atoms with Crippen LogP contribution in [-0.2, 0) is 11.3 Å². The summed E-state index contributed by atoms with van der Waals surface area (Å²) < 4.78 is 6.92. The van der Waals surface area contributed by atoms with Crippen LogP contribution >= 0.6 is 0 Å². The molecule has 1 aromatic heterocycles. The van der Waals surface area contributed by atoms with Gasteiger partial charge in [0.1, 0.15) is 5.75 Å². The summed E-state index contributed by atoms with van der Waals surface area (Å²) in [6.45, 7) is 4.44. The Morgan fingerprint density at radius 1 is 1.33 bits per heavy atom. The number of hydrogen-bond donors (Lipinski definition) is 1. The molecule has 1 N–H and O–H groups in total. The molecular weight excluding hydrogens is 266 g/mol. The molecule has 1 heterocycles. The second kappa shape index (κ2) is 6.92. The third-order valence-electron chi connectivity index (χ3n) is 3.32. The predicted molar refractivity (Wildman–Crippen MR) is 81.1 cm³/mol. The highest BCUT2D eigenvalue weighted by Crippen LogP contribution is 2.12. The highest BCUT2D eigenvalue weighted by Gasteiger charge is 2.11. The molecule has 0 saturated carbocycles. The minimum absolute atomic E-state index is 0.0199. The number of rotatable bonds is 6. The van der Waals surface area contributed by atoms with Gasteiger partial charge in [-0.25, -0.2) is 0 Å². The molecule has 0 unspecified atom stereocenters. The van der Waals surface area contributed by atoms with Crippen molar-refractivity contribution in [2.45, 2.75) is 32.9 Å². The fraction of sp³-hybridized carbons (Fsp3) is 0.375. The van der Waals surface area contributed by atoms with E-state index in [9.17, 15) is 4.79 Å². The van der Waals surface area contributed by atoms with E-state index in [1.807, 2.05) is 55.1 Å². The zero-order chi connectivity index (χ0) is 15.2. The van der Waals surface area contributed by atoms with E-state index in [2.05, 4.69) is 10.4 Å². The highest BCUT2D eigenvalue weighted by molar-refractivity contribution is 5.76. The molecule has 0 saturated heterocycles. The van der Waals surface area contributed by atoms with E-state index in [0.29, 0.717) is 13.0 Å². The van der Waals surface area contributed by atoms with Crippen molar-refractivity contribution in [2.75, 3.05) is 7.11 Å². The van der Waals surface area contributed by atoms with Crippen molar-refractivity contribution in [3.63, 3.8) is 0 Å². The second-order valence-corrected chi connectivity index (χ2v) is 5.12. The number of benzene rings is 1. The third-order valence-corrected chi connectivity index (χ3v) is 3.32. The maximum absolute atomic E-state index is 12.0. The van der Waals surface area contributed by atoms with Crippen LogP contribution in [0.2, 0.25) is 0 Å². The van der Waals surface area contributed by atoms with E-state index in [-0.39, 0.29) is 11.9 Å². The van der Waals surface area contributed by atoms with Gasteiger partial charge in [-0.3, -0.25) is 9.48 Å². The molecule has 5 heteroatoms. The lowest BCUT2D eigenvalue weighted by Gasteiger charge is -2.12. The van der Waals surface area contributed by atoms with Crippen molar-refractivity contribution in [1.82, 2.24) is 15.1 Å². The van der Waals surface area contributed by atoms with Crippen molar-refractivity contribution in [1.29, 1.82) is 0 Å². The minimum Gasteiger partial charge on any atom is -0.497 e. The quantitative estimate of drug-likeness (QED) is 0.888. The van der Waals surface area contributed by atoms with Gasteiger partial charge >= 0.3 is 0 Å². The van der Waals surface area contributed by atoms with Crippen molar-refractivity contribution in [2.24, 2.45) is 0 Å². The van der Waals surface area contributed by atoms with Crippen LogP contribution in [0.15, 0.2) is 36.5 Å². The van der Waals surface area contributed by atoms with Gasteiger partial charge in [-0.05, 0) is 37.6 Å². The van der Waals surface area contributed by atoms with Crippen LogP contribution in [0.3, 0.4) is 0 Å². The maximum Gasteiger partial charge on any atom is 0.222 e. The van der Waals surface area contributed by atoms with Crippen LogP contribution in [0.25, 0.3) is 0 Å². The molecule has 112 valence electrons. The maximum atomic E-state index is 12.0. The van der Waals surface area contributed by atoms with Crippen LogP contribution in [0.1, 0.15) is 30.6 Å². The van der Waals surface area contributed by atoms with Crippen LogP contribution in [-0.4, -0.2) is 22.8 Å². The van der Waals surface area contributed by atoms with Gasteiger partial charge in [0, 0.05) is 19.2 Å². The number of aromatic nitrogens is 2. The monoisotopic (exact) mass is 287 g/mol. The van der Waals surface area contributed by atoms with E-state index >= 15 is 0 Å². The Morgan fingerprint density at radius 3 is 2.62 bits per heavy atom. The molecule has 1 aromatic carbocycles. The fourth-order valence-corrected chi connectivity index (χ4v) is 2.06. The number of hydrogen-bond acceptors (Lipinski definition) is 3. The zero-order valence-electron chi connectivity index (χ0n) is 12.7. The van der Waals surface area contributed by atoms with Crippen molar-refractivity contribution in [3.8, 4) is 5.75 Å². The van der Waals surface area contributed by atoms with E-state index in [1.165, 1.54) is 0 Å². The molecule has 5 nitrogen and oxygen atoms in total. The van der Waals surface area contributed by atoms with E-state index in [4.69, 9.17) is 4.74 Å². The molecule has 0 aliphatic heterocycles. The van der Waals surface area contributed by atoms with Gasteiger partial charge in [0.2, 0.25) is 5.91 Å². The summed E-state index contributed by atoms with van der Waals surface area (Å²) in [6, 6.07) is 9.65. The molecular formula is C16H21N3O2. The van der Waals surface area contributed by atoms with Gasteiger partial charge in [0.25, 0.3) is 0 Å². The Hall–Kier alpha value is -2.30. The summed E-state index contributed by atoms with van der Waals surface area (Å²) in [5.74, 6) is 0.833. The normalized spacial score (nSPS) is 12.0. The molecule has 0 fully saturated rings. The summed E-state index contributed by atoms with van der Waals surface area (Å²) in [5, 5.41) is 7.25. The lowest BCUT2D eigenvalue weighted by atomic mass is 10.2. The SMILES string of the molecule is COc1ccc(CNC(=O)C[C@H](C)n2ccc(C)n2)cc1. The van der Waals surface area contributed by atoms with Crippen LogP contribution in [0.4, 0.5) is 0 Å². The smallest absolute Gasteiger partial charge is 0.222 e. The highest BCUT2D eigenvalue weighted by atomic mass is 16.5. The molecule has 0 radical (unpaired) electrons. The van der Waals surface area contributed by atoms with Crippen LogP contribution in [0.5, 0.6) is 5.75 Å². The summed E-state index contributed by atoms with van der Waals surface area (Å²) in [4.78, 5) is 12.0. The van der Waals surface area contributed by atoms with Gasteiger partial charge in [-0.2, -0.15) is 5.10 Å². The zero-order valence-corrected chi connectivity index (χ0v) is 12.7. The Kier molecular flexibility index (Phi) is 4.98. The standard InChI is InChI=1S/C16H21N3O2/c1-12-8-9-19(18-12)13(2)10-16(20)17-11-14-4-6-15(21-3)7-5-14/h4-9,13H,10-11H2,1-3H3,(H,17,20)/t13-/m0/s1. The number of ether oxygens (including phenoxy) is 1. The Balaban J connectivity index is 1.81. The van der Waals surface area contributed by atoms with Gasteiger partial charge in [0.15, 0.2) is 0 Å². The number of aryl methyl sites for hydroxylation is 1. The van der Waals surface area contributed by atoms with Gasteiger partial charge in [-0.15, -0.1) is 0 Å². The molecule has 1 amide bonds. The van der Waals surface area contributed by atoms with Crippen LogP contribution < -0.4 is 10.1 Å². The van der Waals surface area contributed by atoms with E-state index in [1.54, 1.807) is 7.11 Å². The average Bonchev–Trinajstić information content (AvgIpc) is 2.92. The van der Waals surface area contributed by atoms with Crippen molar-refractivity contribution < 1.29 is 9.53 Å². The largest absolute Gasteiger partial charge is 0.497 e. The van der Waals surface area contributed by atoms with Gasteiger partial charge in [-0.1, -0.05) is 12.1 Å². The third kappa shape index (κ3) is 4.34. The molecule has 2 rings (SSSR count). The number of nitrogens with one attached hydrogen (secondary N) is 1. The minimum atomic E-state index is 0.0199.